The van der Waals surface area contributed by atoms with Crippen molar-refractivity contribution in [2.75, 3.05) is 30.3 Å². The standard InChI is InChI=1S/C18H19N11O2/c1-10-12(9-31-13-6-14(19)22-18-17(13)23-27-24-18)26-29(25-10)11-2-3-15(21-7-11)28-5-4-20-16(30)8-28/h2-3,6-7H,4-5,8-9H2,1H3,(H,20,30)(H3,19,22,23,24,27). The van der Waals surface area contributed by atoms with E-state index in [4.69, 9.17) is 10.5 Å². The lowest BCUT2D eigenvalue weighted by molar-refractivity contribution is -0.120. The molecule has 1 amide bonds. The van der Waals surface area contributed by atoms with Crippen molar-refractivity contribution in [1.82, 2.24) is 45.7 Å². The van der Waals surface area contributed by atoms with E-state index in [1.807, 2.05) is 24.0 Å². The van der Waals surface area contributed by atoms with Crippen LogP contribution < -0.4 is 20.7 Å². The molecule has 158 valence electrons. The molecule has 0 bridgehead atoms. The minimum absolute atomic E-state index is 0.00927. The molecule has 5 heterocycles. The first-order valence-corrected chi connectivity index (χ1v) is 9.57. The number of carbonyl (C=O) groups excluding carboxylic acids is 1. The summed E-state index contributed by atoms with van der Waals surface area (Å²) in [6.07, 6.45) is 1.68. The number of aryl methyl sites for hydroxylation is 1. The number of aromatic nitrogens is 8. The molecule has 1 aliphatic heterocycles. The third kappa shape index (κ3) is 3.68. The first-order valence-electron chi connectivity index (χ1n) is 9.57. The van der Waals surface area contributed by atoms with Crippen LogP contribution in [0.1, 0.15) is 11.4 Å². The van der Waals surface area contributed by atoms with E-state index in [0.717, 1.165) is 18.1 Å². The van der Waals surface area contributed by atoms with Crippen molar-refractivity contribution in [3.63, 3.8) is 0 Å². The molecule has 0 radical (unpaired) electrons. The van der Waals surface area contributed by atoms with Crippen LogP contribution in [0.2, 0.25) is 0 Å². The van der Waals surface area contributed by atoms with Crippen LogP contribution >= 0.6 is 0 Å². The minimum Gasteiger partial charge on any atom is -0.485 e. The topological polar surface area (TPSA) is 166 Å². The van der Waals surface area contributed by atoms with Gasteiger partial charge in [-0.05, 0) is 19.1 Å². The van der Waals surface area contributed by atoms with Crippen LogP contribution in [0, 0.1) is 6.92 Å². The molecule has 13 nitrogen and oxygen atoms in total. The quantitative estimate of drug-likeness (QED) is 0.390. The van der Waals surface area contributed by atoms with E-state index in [1.165, 1.54) is 4.80 Å². The third-order valence-corrected chi connectivity index (χ3v) is 4.84. The number of hydrogen-bond donors (Lipinski definition) is 3. The molecule has 0 saturated carbocycles. The number of nitrogens with two attached hydrogens (primary N) is 1. The van der Waals surface area contributed by atoms with Gasteiger partial charge < -0.3 is 20.7 Å². The van der Waals surface area contributed by atoms with Gasteiger partial charge >= 0.3 is 0 Å². The van der Waals surface area contributed by atoms with Crippen molar-refractivity contribution in [3.05, 3.63) is 35.8 Å². The van der Waals surface area contributed by atoms with Crippen molar-refractivity contribution >= 4 is 28.7 Å². The first-order chi connectivity index (χ1) is 15.1. The van der Waals surface area contributed by atoms with E-state index in [1.54, 1.807) is 12.3 Å². The molecular formula is C18H19N11O2. The molecule has 1 saturated heterocycles. The highest BCUT2D eigenvalue weighted by atomic mass is 16.5. The van der Waals surface area contributed by atoms with Crippen LogP contribution in [0.5, 0.6) is 5.75 Å². The second kappa shape index (κ2) is 7.51. The van der Waals surface area contributed by atoms with Gasteiger partial charge in [0.25, 0.3) is 0 Å². The predicted octanol–water partition coefficient (Wildman–Crippen LogP) is -0.266. The molecule has 0 atom stereocenters. The van der Waals surface area contributed by atoms with Gasteiger partial charge in [-0.2, -0.15) is 15.4 Å². The third-order valence-electron chi connectivity index (χ3n) is 4.84. The van der Waals surface area contributed by atoms with Gasteiger partial charge in [-0.25, -0.2) is 9.97 Å². The monoisotopic (exact) mass is 421 g/mol. The fourth-order valence-corrected chi connectivity index (χ4v) is 3.26. The second-order valence-corrected chi connectivity index (χ2v) is 7.00. The smallest absolute Gasteiger partial charge is 0.239 e. The summed E-state index contributed by atoms with van der Waals surface area (Å²) in [6.45, 7) is 3.65. The highest BCUT2D eigenvalue weighted by molar-refractivity contribution is 5.82. The normalized spacial score (nSPS) is 14.1. The van der Waals surface area contributed by atoms with Gasteiger partial charge in [-0.3, -0.25) is 4.79 Å². The Morgan fingerprint density at radius 1 is 1.26 bits per heavy atom. The van der Waals surface area contributed by atoms with E-state index in [2.05, 4.69) is 40.9 Å². The van der Waals surface area contributed by atoms with Crippen LogP contribution in [0.3, 0.4) is 0 Å². The van der Waals surface area contributed by atoms with Crippen molar-refractivity contribution in [3.8, 4) is 11.4 Å². The summed E-state index contributed by atoms with van der Waals surface area (Å²) in [5.41, 5.74) is 8.75. The molecule has 31 heavy (non-hydrogen) atoms. The molecular weight excluding hydrogens is 402 g/mol. The summed E-state index contributed by atoms with van der Waals surface area (Å²) in [5.74, 6) is 1.47. The Labute approximate surface area is 175 Å². The molecule has 13 heteroatoms. The number of aromatic amines is 1. The number of rotatable bonds is 5. The van der Waals surface area contributed by atoms with Gasteiger partial charge in [0.2, 0.25) is 11.6 Å². The molecule has 4 aromatic rings. The first kappa shape index (κ1) is 18.7. The fraction of sp³-hybridized carbons (Fsp3) is 0.278. The molecule has 0 aliphatic carbocycles. The zero-order chi connectivity index (χ0) is 21.4. The largest absolute Gasteiger partial charge is 0.485 e. The number of carbonyl (C=O) groups is 1. The number of H-pyrrole nitrogens is 1. The van der Waals surface area contributed by atoms with Crippen molar-refractivity contribution in [2.45, 2.75) is 13.5 Å². The molecule has 0 spiro atoms. The van der Waals surface area contributed by atoms with Crippen molar-refractivity contribution in [1.29, 1.82) is 0 Å². The van der Waals surface area contributed by atoms with Gasteiger partial charge in [-0.1, -0.05) is 0 Å². The highest BCUT2D eigenvalue weighted by Crippen LogP contribution is 2.24. The number of hydrogen-bond acceptors (Lipinski definition) is 10. The Kier molecular flexibility index (Phi) is 4.54. The number of anilines is 2. The van der Waals surface area contributed by atoms with Crippen LogP contribution in [0.4, 0.5) is 11.6 Å². The number of nitrogen functional groups attached to an aromatic ring is 1. The molecule has 0 aromatic carbocycles. The van der Waals surface area contributed by atoms with Gasteiger partial charge in [0.1, 0.15) is 29.6 Å². The Morgan fingerprint density at radius 3 is 2.97 bits per heavy atom. The maximum absolute atomic E-state index is 11.6. The Balaban J connectivity index is 1.32. The summed E-state index contributed by atoms with van der Waals surface area (Å²) in [5, 5.41) is 22.2. The van der Waals surface area contributed by atoms with E-state index >= 15 is 0 Å². The molecule has 0 unspecified atom stereocenters. The molecule has 4 aromatic heterocycles. The number of amides is 1. The summed E-state index contributed by atoms with van der Waals surface area (Å²) in [4.78, 5) is 23.5. The molecule has 5 rings (SSSR count). The Bertz CT molecular complexity index is 1250. The van der Waals surface area contributed by atoms with E-state index in [9.17, 15) is 4.79 Å². The maximum atomic E-state index is 11.6. The number of nitrogens with zero attached hydrogens (tertiary/aromatic N) is 8. The zero-order valence-electron chi connectivity index (χ0n) is 16.6. The number of nitrogens with one attached hydrogen (secondary N) is 2. The number of ether oxygens (including phenoxy) is 1. The van der Waals surface area contributed by atoms with Crippen molar-refractivity contribution in [2.24, 2.45) is 0 Å². The van der Waals surface area contributed by atoms with E-state index in [-0.39, 0.29) is 18.3 Å². The highest BCUT2D eigenvalue weighted by Gasteiger charge is 2.18. The van der Waals surface area contributed by atoms with Gasteiger partial charge in [-0.15, -0.1) is 15.0 Å². The fourth-order valence-electron chi connectivity index (χ4n) is 3.26. The zero-order valence-corrected chi connectivity index (χ0v) is 16.6. The van der Waals surface area contributed by atoms with Crippen LogP contribution in [0.25, 0.3) is 16.9 Å². The maximum Gasteiger partial charge on any atom is 0.239 e. The predicted molar refractivity (Wildman–Crippen MR) is 110 cm³/mol. The van der Waals surface area contributed by atoms with E-state index < -0.39 is 0 Å². The summed E-state index contributed by atoms with van der Waals surface area (Å²) in [6, 6.07) is 5.30. The van der Waals surface area contributed by atoms with Gasteiger partial charge in [0.15, 0.2) is 11.3 Å². The SMILES string of the molecule is Cc1nn(-c2ccc(N3CCNC(=O)C3)nc2)nc1COc1cc(N)nc2n[nH]nc12. The average Bonchev–Trinajstić information content (AvgIpc) is 3.38. The lowest BCUT2D eigenvalue weighted by Gasteiger charge is -2.27. The minimum atomic E-state index is -0.00927. The summed E-state index contributed by atoms with van der Waals surface area (Å²) >= 11 is 0. The lowest BCUT2D eigenvalue weighted by Crippen LogP contribution is -2.48. The average molecular weight is 421 g/mol. The van der Waals surface area contributed by atoms with Gasteiger partial charge in [0, 0.05) is 19.2 Å². The number of pyridine rings is 2. The van der Waals surface area contributed by atoms with Crippen LogP contribution in [-0.4, -0.2) is 65.9 Å². The van der Waals surface area contributed by atoms with E-state index in [0.29, 0.717) is 41.4 Å². The molecule has 1 fully saturated rings. The number of piperazine rings is 1. The Hall–Kier alpha value is -4.29. The van der Waals surface area contributed by atoms with Crippen LogP contribution in [-0.2, 0) is 11.4 Å². The second-order valence-electron chi connectivity index (χ2n) is 7.00. The summed E-state index contributed by atoms with van der Waals surface area (Å²) < 4.78 is 5.86. The van der Waals surface area contributed by atoms with Gasteiger partial charge in [0.05, 0.1) is 18.4 Å². The summed E-state index contributed by atoms with van der Waals surface area (Å²) in [7, 11) is 0. The Morgan fingerprint density at radius 2 is 2.16 bits per heavy atom. The molecule has 4 N–H and O–H groups in total. The lowest BCUT2D eigenvalue weighted by atomic mass is 10.3. The van der Waals surface area contributed by atoms with Crippen LogP contribution in [0.15, 0.2) is 24.4 Å². The van der Waals surface area contributed by atoms with Crippen molar-refractivity contribution < 1.29 is 9.53 Å². The molecule has 1 aliphatic rings. The number of fused-ring (bicyclic) bond motifs is 1.